The van der Waals surface area contributed by atoms with E-state index >= 15 is 0 Å². The SMILES string of the molecule is CC(=O)Nc1cc(F)c(C(F)(F)F)cc1C(=O)[C@H](C)NC(=O)OCc1ccccc1. The summed E-state index contributed by atoms with van der Waals surface area (Å²) in [5.74, 6) is -3.34. The molecule has 0 spiro atoms. The summed E-state index contributed by atoms with van der Waals surface area (Å²) < 4.78 is 57.9. The van der Waals surface area contributed by atoms with Crippen LogP contribution in [-0.2, 0) is 22.3 Å². The van der Waals surface area contributed by atoms with Gasteiger partial charge in [-0.3, -0.25) is 9.59 Å². The lowest BCUT2D eigenvalue weighted by atomic mass is 9.99. The van der Waals surface area contributed by atoms with Crippen LogP contribution in [-0.4, -0.2) is 23.8 Å². The van der Waals surface area contributed by atoms with Gasteiger partial charge >= 0.3 is 12.3 Å². The van der Waals surface area contributed by atoms with Gasteiger partial charge in [0, 0.05) is 12.5 Å². The lowest BCUT2D eigenvalue weighted by Gasteiger charge is -2.18. The van der Waals surface area contributed by atoms with E-state index in [0.29, 0.717) is 17.7 Å². The van der Waals surface area contributed by atoms with Gasteiger partial charge in [0.05, 0.1) is 17.3 Å². The number of hydrogen-bond donors (Lipinski definition) is 2. The molecule has 2 N–H and O–H groups in total. The molecule has 1 atom stereocenters. The Morgan fingerprint density at radius 3 is 2.30 bits per heavy atom. The zero-order chi connectivity index (χ0) is 22.5. The van der Waals surface area contributed by atoms with Crippen molar-refractivity contribution in [1.82, 2.24) is 5.32 Å². The van der Waals surface area contributed by atoms with E-state index in [0.717, 1.165) is 6.92 Å². The Morgan fingerprint density at radius 1 is 1.10 bits per heavy atom. The summed E-state index contributed by atoms with van der Waals surface area (Å²) in [6, 6.07) is 8.06. The molecule has 10 heteroatoms. The second-order valence-electron chi connectivity index (χ2n) is 6.35. The van der Waals surface area contributed by atoms with Crippen molar-refractivity contribution >= 4 is 23.5 Å². The molecule has 0 aliphatic rings. The van der Waals surface area contributed by atoms with Crippen molar-refractivity contribution in [3.63, 3.8) is 0 Å². The summed E-state index contributed by atoms with van der Waals surface area (Å²) in [6.07, 6.45) is -6.03. The molecule has 0 heterocycles. The summed E-state index contributed by atoms with van der Waals surface area (Å²) in [5, 5.41) is 4.32. The maximum atomic E-state index is 13.8. The Bertz CT molecular complexity index is 946. The first-order valence-electron chi connectivity index (χ1n) is 8.68. The van der Waals surface area contributed by atoms with Crippen molar-refractivity contribution in [3.8, 4) is 0 Å². The molecule has 0 radical (unpaired) electrons. The Labute approximate surface area is 169 Å². The molecule has 0 aliphatic heterocycles. The molecule has 0 saturated heterocycles. The van der Waals surface area contributed by atoms with Crippen LogP contribution in [0, 0.1) is 5.82 Å². The number of halogens is 4. The quantitative estimate of drug-likeness (QED) is 0.533. The standard InChI is InChI=1S/C20H18F4N2O4/c1-11(25-19(29)30-10-13-6-4-3-5-7-13)18(28)14-8-15(20(22,23)24)16(21)9-17(14)26-12(2)27/h3-9,11H,10H2,1-2H3,(H,25,29)(H,26,27)/t11-/m0/s1. The number of carbonyl (C=O) groups is 3. The van der Waals surface area contributed by atoms with Gasteiger partial charge < -0.3 is 15.4 Å². The molecular formula is C20H18F4N2O4. The summed E-state index contributed by atoms with van der Waals surface area (Å²) >= 11 is 0. The molecule has 2 amide bonds. The molecule has 0 unspecified atom stereocenters. The Hall–Kier alpha value is -3.43. The van der Waals surface area contributed by atoms with Crippen LogP contribution in [0.25, 0.3) is 0 Å². The number of rotatable bonds is 6. The monoisotopic (exact) mass is 426 g/mol. The molecule has 160 valence electrons. The van der Waals surface area contributed by atoms with Crippen molar-refractivity contribution in [2.45, 2.75) is 32.7 Å². The van der Waals surface area contributed by atoms with Crippen molar-refractivity contribution in [2.75, 3.05) is 5.32 Å². The number of carbonyl (C=O) groups excluding carboxylic acids is 3. The number of benzene rings is 2. The highest BCUT2D eigenvalue weighted by Crippen LogP contribution is 2.34. The molecule has 2 rings (SSSR count). The van der Waals surface area contributed by atoms with E-state index in [1.54, 1.807) is 30.3 Å². The van der Waals surface area contributed by atoms with Crippen LogP contribution in [0.1, 0.15) is 35.3 Å². The third-order valence-electron chi connectivity index (χ3n) is 3.93. The third-order valence-corrected chi connectivity index (χ3v) is 3.93. The van der Waals surface area contributed by atoms with E-state index in [2.05, 4.69) is 10.6 Å². The average Bonchev–Trinajstić information content (AvgIpc) is 2.65. The summed E-state index contributed by atoms with van der Waals surface area (Å²) in [6.45, 7) is 2.19. The predicted molar refractivity (Wildman–Crippen MR) is 99.3 cm³/mol. The highest BCUT2D eigenvalue weighted by Gasteiger charge is 2.36. The van der Waals surface area contributed by atoms with Crippen molar-refractivity contribution in [3.05, 3.63) is 65.0 Å². The first kappa shape index (κ1) is 22.9. The molecule has 0 bridgehead atoms. The molecule has 0 aliphatic carbocycles. The molecule has 0 saturated carbocycles. The topological polar surface area (TPSA) is 84.5 Å². The predicted octanol–water partition coefficient (Wildman–Crippen LogP) is 4.30. The first-order valence-corrected chi connectivity index (χ1v) is 8.68. The number of ether oxygens (including phenoxy) is 1. The summed E-state index contributed by atoms with van der Waals surface area (Å²) in [7, 11) is 0. The fourth-order valence-corrected chi connectivity index (χ4v) is 2.53. The number of ketones is 1. The minimum Gasteiger partial charge on any atom is -0.445 e. The number of alkyl halides is 3. The highest BCUT2D eigenvalue weighted by atomic mass is 19.4. The van der Waals surface area contributed by atoms with Crippen LogP contribution in [0.15, 0.2) is 42.5 Å². The summed E-state index contributed by atoms with van der Waals surface area (Å²) in [4.78, 5) is 35.8. The molecule has 2 aromatic carbocycles. The van der Waals surface area contributed by atoms with Crippen molar-refractivity contribution < 1.29 is 36.7 Å². The number of hydrogen-bond acceptors (Lipinski definition) is 4. The normalized spacial score (nSPS) is 12.1. The minimum absolute atomic E-state index is 0.0838. The van der Waals surface area contributed by atoms with Gasteiger partial charge in [0.15, 0.2) is 5.78 Å². The van der Waals surface area contributed by atoms with Gasteiger partial charge in [-0.1, -0.05) is 30.3 Å². The van der Waals surface area contributed by atoms with E-state index in [4.69, 9.17) is 4.74 Å². The Balaban J connectivity index is 2.20. The second-order valence-corrected chi connectivity index (χ2v) is 6.35. The van der Waals surface area contributed by atoms with Crippen LogP contribution in [0.3, 0.4) is 0 Å². The highest BCUT2D eigenvalue weighted by molar-refractivity contribution is 6.08. The molecule has 0 fully saturated rings. The molecule has 6 nitrogen and oxygen atoms in total. The van der Waals surface area contributed by atoms with Gasteiger partial charge in [-0.25, -0.2) is 9.18 Å². The summed E-state index contributed by atoms with van der Waals surface area (Å²) in [5.41, 5.74) is -2.02. The van der Waals surface area contributed by atoms with Crippen LogP contribution >= 0.6 is 0 Å². The van der Waals surface area contributed by atoms with Crippen LogP contribution in [0.5, 0.6) is 0 Å². The maximum Gasteiger partial charge on any atom is 0.419 e. The fraction of sp³-hybridized carbons (Fsp3) is 0.250. The Morgan fingerprint density at radius 2 is 1.73 bits per heavy atom. The fourth-order valence-electron chi connectivity index (χ4n) is 2.53. The van der Waals surface area contributed by atoms with Gasteiger partial charge in [0.1, 0.15) is 12.4 Å². The number of Topliss-reactive ketones (excluding diaryl/α,β-unsaturated/α-hetero) is 1. The van der Waals surface area contributed by atoms with Crippen molar-refractivity contribution in [2.24, 2.45) is 0 Å². The van der Waals surface area contributed by atoms with E-state index in [1.807, 2.05) is 0 Å². The third kappa shape index (κ3) is 6.03. The van der Waals surface area contributed by atoms with Crippen LogP contribution in [0.2, 0.25) is 0 Å². The Kier molecular flexibility index (Phi) is 7.14. The zero-order valence-corrected chi connectivity index (χ0v) is 16.0. The second kappa shape index (κ2) is 9.38. The molecule has 2 aromatic rings. The minimum atomic E-state index is -5.06. The van der Waals surface area contributed by atoms with Crippen molar-refractivity contribution in [1.29, 1.82) is 0 Å². The zero-order valence-electron chi connectivity index (χ0n) is 16.0. The van der Waals surface area contributed by atoms with Gasteiger partial charge in [-0.05, 0) is 24.6 Å². The van der Waals surface area contributed by atoms with E-state index < -0.39 is 52.6 Å². The number of amides is 2. The van der Waals surface area contributed by atoms with Gasteiger partial charge in [-0.2, -0.15) is 13.2 Å². The lowest BCUT2D eigenvalue weighted by Crippen LogP contribution is -2.39. The van der Waals surface area contributed by atoms with Gasteiger partial charge in [0.25, 0.3) is 0 Å². The van der Waals surface area contributed by atoms with E-state index in [-0.39, 0.29) is 6.61 Å². The van der Waals surface area contributed by atoms with Crippen LogP contribution in [0.4, 0.5) is 28.0 Å². The lowest BCUT2D eigenvalue weighted by molar-refractivity contribution is -0.140. The van der Waals surface area contributed by atoms with Crippen LogP contribution < -0.4 is 10.6 Å². The average molecular weight is 426 g/mol. The largest absolute Gasteiger partial charge is 0.445 e. The van der Waals surface area contributed by atoms with Gasteiger partial charge in [0.2, 0.25) is 5.91 Å². The smallest absolute Gasteiger partial charge is 0.419 e. The number of anilines is 1. The van der Waals surface area contributed by atoms with Gasteiger partial charge in [-0.15, -0.1) is 0 Å². The van der Waals surface area contributed by atoms with E-state index in [9.17, 15) is 31.9 Å². The molecule has 30 heavy (non-hydrogen) atoms. The number of nitrogens with one attached hydrogen (secondary N) is 2. The number of alkyl carbamates (subject to hydrolysis) is 1. The first-order chi connectivity index (χ1) is 14.0. The molecule has 0 aromatic heterocycles. The maximum absolute atomic E-state index is 13.8. The molecular weight excluding hydrogens is 408 g/mol. The van der Waals surface area contributed by atoms with E-state index in [1.165, 1.54) is 6.92 Å².